The van der Waals surface area contributed by atoms with Crippen molar-refractivity contribution in [2.45, 2.75) is 6.92 Å². The number of carbonyl (C=O) groups excluding carboxylic acids is 1. The number of urea groups is 1. The third-order valence-corrected chi connectivity index (χ3v) is 3.54. The molecule has 0 saturated heterocycles. The van der Waals surface area contributed by atoms with Crippen LogP contribution >= 0.6 is 11.3 Å². The topological polar surface area (TPSA) is 72.5 Å². The molecule has 1 aromatic heterocycles. The highest BCUT2D eigenvalue weighted by Gasteiger charge is 2.15. The number of carbonyl (C=O) groups is 1. The molecule has 2 N–H and O–H groups in total. The van der Waals surface area contributed by atoms with Gasteiger partial charge in [-0.2, -0.15) is 0 Å². The minimum absolute atomic E-state index is 0.251. The van der Waals surface area contributed by atoms with Crippen molar-refractivity contribution in [1.82, 2.24) is 10.3 Å². The second-order valence-corrected chi connectivity index (χ2v) is 5.00. The molecule has 2 amide bonds. The quantitative estimate of drug-likeness (QED) is 0.884. The van der Waals surface area contributed by atoms with Gasteiger partial charge >= 0.3 is 6.03 Å². The fourth-order valence-corrected chi connectivity index (χ4v) is 2.69. The number of thiazole rings is 1. The number of ether oxygens (including phenoxy) is 2. The van der Waals surface area contributed by atoms with E-state index in [1.165, 1.54) is 11.3 Å². The van der Waals surface area contributed by atoms with Crippen LogP contribution in [-0.4, -0.2) is 30.8 Å². The van der Waals surface area contributed by atoms with Crippen molar-refractivity contribution in [1.29, 1.82) is 0 Å². The van der Waals surface area contributed by atoms with Crippen molar-refractivity contribution in [3.63, 3.8) is 0 Å². The number of benzene rings is 1. The summed E-state index contributed by atoms with van der Waals surface area (Å²) in [6.07, 6.45) is 0. The Labute approximate surface area is 113 Å². The number of nitrogens with zero attached hydrogens (tertiary/aromatic N) is 1. The molecular formula is C12H13N3O3S. The minimum Gasteiger partial charge on any atom is -0.486 e. The lowest BCUT2D eigenvalue weighted by Gasteiger charge is -2.17. The smallest absolute Gasteiger partial charge is 0.321 e. The maximum absolute atomic E-state index is 11.4. The SMILES string of the molecule is CCNC(=O)Nc1nc2cc3c(cc2s1)OCCO3. The summed E-state index contributed by atoms with van der Waals surface area (Å²) in [6.45, 7) is 3.54. The van der Waals surface area contributed by atoms with Crippen LogP contribution in [0, 0.1) is 0 Å². The molecule has 3 rings (SSSR count). The van der Waals surface area contributed by atoms with Gasteiger partial charge in [0.2, 0.25) is 0 Å². The van der Waals surface area contributed by atoms with Gasteiger partial charge in [-0.15, -0.1) is 0 Å². The third-order valence-electron chi connectivity index (χ3n) is 2.61. The Hall–Kier alpha value is -2.02. The van der Waals surface area contributed by atoms with Crippen LogP contribution in [0.15, 0.2) is 12.1 Å². The molecule has 0 saturated carbocycles. The number of fused-ring (bicyclic) bond motifs is 2. The number of nitrogens with one attached hydrogen (secondary N) is 2. The monoisotopic (exact) mass is 279 g/mol. The molecular weight excluding hydrogens is 266 g/mol. The van der Waals surface area contributed by atoms with Gasteiger partial charge in [-0.05, 0) is 6.92 Å². The molecule has 2 heterocycles. The van der Waals surface area contributed by atoms with Gasteiger partial charge in [0.15, 0.2) is 16.6 Å². The van der Waals surface area contributed by atoms with Crippen molar-refractivity contribution < 1.29 is 14.3 Å². The molecule has 0 aliphatic carbocycles. The summed E-state index contributed by atoms with van der Waals surface area (Å²) in [5.41, 5.74) is 0.793. The van der Waals surface area contributed by atoms with Gasteiger partial charge in [-0.1, -0.05) is 11.3 Å². The molecule has 1 aliphatic rings. The van der Waals surface area contributed by atoms with E-state index in [0.29, 0.717) is 30.6 Å². The number of rotatable bonds is 2. The van der Waals surface area contributed by atoms with Gasteiger partial charge in [0.25, 0.3) is 0 Å². The second kappa shape index (κ2) is 4.93. The highest BCUT2D eigenvalue weighted by molar-refractivity contribution is 7.22. The van der Waals surface area contributed by atoms with Crippen LogP contribution in [0.4, 0.5) is 9.93 Å². The molecule has 0 unspecified atom stereocenters. The Morgan fingerprint density at radius 3 is 2.84 bits per heavy atom. The predicted molar refractivity (Wildman–Crippen MR) is 73.3 cm³/mol. The highest BCUT2D eigenvalue weighted by atomic mass is 32.1. The van der Waals surface area contributed by atoms with E-state index in [1.54, 1.807) is 0 Å². The van der Waals surface area contributed by atoms with Crippen molar-refractivity contribution in [3.05, 3.63) is 12.1 Å². The van der Waals surface area contributed by atoms with Crippen molar-refractivity contribution >= 4 is 32.7 Å². The highest BCUT2D eigenvalue weighted by Crippen LogP contribution is 2.37. The van der Waals surface area contributed by atoms with Crippen LogP contribution < -0.4 is 20.1 Å². The molecule has 1 aliphatic heterocycles. The first-order valence-electron chi connectivity index (χ1n) is 6.01. The van der Waals surface area contributed by atoms with Crippen molar-refractivity contribution in [3.8, 4) is 11.5 Å². The van der Waals surface area contributed by atoms with E-state index in [2.05, 4.69) is 15.6 Å². The van der Waals surface area contributed by atoms with E-state index in [1.807, 2.05) is 19.1 Å². The van der Waals surface area contributed by atoms with E-state index in [0.717, 1.165) is 16.0 Å². The van der Waals surface area contributed by atoms with Gasteiger partial charge in [0.1, 0.15) is 13.2 Å². The maximum Gasteiger partial charge on any atom is 0.321 e. The summed E-state index contributed by atoms with van der Waals surface area (Å²) < 4.78 is 12.0. The zero-order valence-corrected chi connectivity index (χ0v) is 11.2. The van der Waals surface area contributed by atoms with E-state index in [4.69, 9.17) is 9.47 Å². The molecule has 0 radical (unpaired) electrons. The Morgan fingerprint density at radius 1 is 1.37 bits per heavy atom. The Morgan fingerprint density at radius 2 is 2.11 bits per heavy atom. The molecule has 0 spiro atoms. The van der Waals surface area contributed by atoms with Crippen LogP contribution in [0.5, 0.6) is 11.5 Å². The molecule has 0 bridgehead atoms. The Balaban J connectivity index is 1.90. The van der Waals surface area contributed by atoms with E-state index >= 15 is 0 Å². The molecule has 2 aromatic rings. The first-order chi connectivity index (χ1) is 9.26. The lowest BCUT2D eigenvalue weighted by molar-refractivity contribution is 0.172. The number of hydrogen-bond acceptors (Lipinski definition) is 5. The summed E-state index contributed by atoms with van der Waals surface area (Å²) >= 11 is 1.41. The van der Waals surface area contributed by atoms with Crippen LogP contribution in [0.25, 0.3) is 10.2 Å². The second-order valence-electron chi connectivity index (χ2n) is 3.97. The average Bonchev–Trinajstić information content (AvgIpc) is 2.77. The molecule has 7 heteroatoms. The molecule has 6 nitrogen and oxygen atoms in total. The lowest BCUT2D eigenvalue weighted by atomic mass is 10.3. The first-order valence-corrected chi connectivity index (χ1v) is 6.83. The number of hydrogen-bond donors (Lipinski definition) is 2. The van der Waals surface area contributed by atoms with Gasteiger partial charge in [0.05, 0.1) is 10.2 Å². The van der Waals surface area contributed by atoms with Gasteiger partial charge in [0, 0.05) is 18.7 Å². The summed E-state index contributed by atoms with van der Waals surface area (Å²) in [4.78, 5) is 15.8. The maximum atomic E-state index is 11.4. The van der Waals surface area contributed by atoms with Crippen molar-refractivity contribution in [2.75, 3.05) is 25.1 Å². The Kier molecular flexibility index (Phi) is 3.12. The van der Waals surface area contributed by atoms with Crippen molar-refractivity contribution in [2.24, 2.45) is 0 Å². The zero-order chi connectivity index (χ0) is 13.2. The van der Waals surface area contributed by atoms with Gasteiger partial charge < -0.3 is 14.8 Å². The van der Waals surface area contributed by atoms with Crippen LogP contribution in [0.1, 0.15) is 6.92 Å². The lowest BCUT2D eigenvalue weighted by Crippen LogP contribution is -2.28. The van der Waals surface area contributed by atoms with Crippen LogP contribution in [-0.2, 0) is 0 Å². The molecule has 0 atom stereocenters. The number of amides is 2. The summed E-state index contributed by atoms with van der Waals surface area (Å²) in [7, 11) is 0. The fourth-order valence-electron chi connectivity index (χ4n) is 1.82. The average molecular weight is 279 g/mol. The molecule has 19 heavy (non-hydrogen) atoms. The number of aromatic nitrogens is 1. The van der Waals surface area contributed by atoms with E-state index in [9.17, 15) is 4.79 Å². The fraction of sp³-hybridized carbons (Fsp3) is 0.333. The van der Waals surface area contributed by atoms with E-state index < -0.39 is 0 Å². The summed E-state index contributed by atoms with van der Waals surface area (Å²) in [5.74, 6) is 1.43. The predicted octanol–water partition coefficient (Wildman–Crippen LogP) is 2.21. The zero-order valence-electron chi connectivity index (χ0n) is 10.4. The summed E-state index contributed by atoms with van der Waals surface area (Å²) in [6, 6.07) is 3.48. The van der Waals surface area contributed by atoms with Gasteiger partial charge in [-0.25, -0.2) is 9.78 Å². The number of anilines is 1. The molecule has 100 valence electrons. The molecule has 1 aromatic carbocycles. The van der Waals surface area contributed by atoms with E-state index in [-0.39, 0.29) is 6.03 Å². The van der Waals surface area contributed by atoms with Crippen LogP contribution in [0.2, 0.25) is 0 Å². The largest absolute Gasteiger partial charge is 0.486 e. The Bertz CT molecular complexity index is 583. The van der Waals surface area contributed by atoms with Crippen LogP contribution in [0.3, 0.4) is 0 Å². The molecule has 0 fully saturated rings. The first kappa shape index (κ1) is 12.0. The standard InChI is InChI=1S/C12H13N3O3S/c1-2-13-11(16)15-12-14-7-5-8-9(6-10(7)19-12)18-4-3-17-8/h5-6H,2-4H2,1H3,(H2,13,14,15,16). The normalized spacial score (nSPS) is 13.3. The van der Waals surface area contributed by atoms with Gasteiger partial charge in [-0.3, -0.25) is 5.32 Å². The summed E-state index contributed by atoms with van der Waals surface area (Å²) in [5, 5.41) is 5.92. The minimum atomic E-state index is -0.251. The third kappa shape index (κ3) is 2.41.